The number of hydrogen-bond acceptors (Lipinski definition) is 3. The SMILES string of the molecule is C=CC(C#N)=C(CCC)c1ccc2c(n1)n(C)c(=O)n2-c1cccc(C(C)(C)C=CC=CC)c1. The minimum absolute atomic E-state index is 0.163. The number of nitriles is 1. The summed E-state index contributed by atoms with van der Waals surface area (Å²) in [5.41, 5.74) is 4.90. The molecule has 3 aromatic rings. The van der Waals surface area contributed by atoms with E-state index in [2.05, 4.69) is 51.6 Å². The van der Waals surface area contributed by atoms with E-state index in [-0.39, 0.29) is 11.1 Å². The molecule has 0 spiro atoms. The number of hydrogen-bond donors (Lipinski definition) is 0. The summed E-state index contributed by atoms with van der Waals surface area (Å²) in [4.78, 5) is 18.1. The Bertz CT molecular complexity index is 1400. The minimum Gasteiger partial charge on any atom is -0.279 e. The standard InChI is InChI=1S/C29H32N4O/c1-7-10-11-18-29(4,5)22-14-12-15-23(19-22)33-26-17-16-25(31-27(26)32(6)28(33)34)24(13-8-2)21(9-3)20-30/h7,9-12,14-19H,3,8,13H2,1-2,4-6H3. The van der Waals surface area contributed by atoms with Gasteiger partial charge in [0, 0.05) is 12.5 Å². The number of pyridine rings is 1. The molecular formula is C29H32N4O. The van der Waals surface area contributed by atoms with Gasteiger partial charge >= 0.3 is 5.69 Å². The predicted octanol–water partition coefficient (Wildman–Crippen LogP) is 6.40. The fraction of sp³-hybridized carbons (Fsp3) is 0.276. The van der Waals surface area contributed by atoms with Gasteiger partial charge in [0.25, 0.3) is 0 Å². The number of fused-ring (bicyclic) bond motifs is 1. The molecular weight excluding hydrogens is 420 g/mol. The zero-order valence-electron chi connectivity index (χ0n) is 20.7. The van der Waals surface area contributed by atoms with Crippen LogP contribution in [0.5, 0.6) is 0 Å². The molecule has 0 bridgehead atoms. The molecule has 0 aliphatic carbocycles. The van der Waals surface area contributed by atoms with Crippen molar-refractivity contribution in [2.75, 3.05) is 0 Å². The summed E-state index contributed by atoms with van der Waals surface area (Å²) < 4.78 is 3.26. The quantitative estimate of drug-likeness (QED) is 0.293. The average molecular weight is 453 g/mol. The van der Waals surface area contributed by atoms with Gasteiger partial charge < -0.3 is 0 Å². The molecule has 0 N–H and O–H groups in total. The molecule has 1 aromatic carbocycles. The summed E-state index contributed by atoms with van der Waals surface area (Å²) in [6.45, 7) is 12.1. The third-order valence-electron chi connectivity index (χ3n) is 6.02. The molecule has 2 heterocycles. The zero-order valence-corrected chi connectivity index (χ0v) is 20.7. The lowest BCUT2D eigenvalue weighted by molar-refractivity contribution is 0.669. The van der Waals surface area contributed by atoms with Gasteiger partial charge in [-0.2, -0.15) is 5.26 Å². The fourth-order valence-electron chi connectivity index (χ4n) is 4.06. The maximum absolute atomic E-state index is 13.3. The monoisotopic (exact) mass is 452 g/mol. The highest BCUT2D eigenvalue weighted by atomic mass is 16.1. The van der Waals surface area contributed by atoms with Gasteiger partial charge in [0.15, 0.2) is 5.65 Å². The molecule has 0 saturated carbocycles. The van der Waals surface area contributed by atoms with Crippen LogP contribution in [0.4, 0.5) is 0 Å². The number of rotatable bonds is 8. The van der Waals surface area contributed by atoms with Crippen LogP contribution in [-0.2, 0) is 12.5 Å². The van der Waals surface area contributed by atoms with Crippen molar-refractivity contribution in [3.63, 3.8) is 0 Å². The van der Waals surface area contributed by atoms with E-state index in [0.717, 1.165) is 28.8 Å². The Hall–Kier alpha value is -3.91. The minimum atomic E-state index is -0.201. The average Bonchev–Trinajstić information content (AvgIpc) is 3.09. The van der Waals surface area contributed by atoms with Crippen molar-refractivity contribution in [1.29, 1.82) is 5.26 Å². The van der Waals surface area contributed by atoms with Crippen LogP contribution in [0.3, 0.4) is 0 Å². The Morgan fingerprint density at radius 3 is 2.65 bits per heavy atom. The lowest BCUT2D eigenvalue weighted by Gasteiger charge is -2.21. The van der Waals surface area contributed by atoms with Crippen molar-refractivity contribution in [2.24, 2.45) is 7.05 Å². The van der Waals surface area contributed by atoms with Gasteiger partial charge in [0.1, 0.15) is 0 Å². The van der Waals surface area contributed by atoms with Crippen LogP contribution >= 0.6 is 0 Å². The Kier molecular flexibility index (Phi) is 7.53. The summed E-state index contributed by atoms with van der Waals surface area (Å²) in [5.74, 6) is 0. The van der Waals surface area contributed by atoms with E-state index in [1.165, 1.54) is 0 Å². The molecule has 0 unspecified atom stereocenters. The highest BCUT2D eigenvalue weighted by molar-refractivity contribution is 5.80. The topological polar surface area (TPSA) is 63.6 Å². The molecule has 5 nitrogen and oxygen atoms in total. The first-order valence-electron chi connectivity index (χ1n) is 11.5. The molecule has 0 aliphatic heterocycles. The maximum atomic E-state index is 13.3. The van der Waals surface area contributed by atoms with Crippen molar-refractivity contribution in [1.82, 2.24) is 14.1 Å². The fourth-order valence-corrected chi connectivity index (χ4v) is 4.06. The van der Waals surface area contributed by atoms with Gasteiger partial charge in [-0.25, -0.2) is 9.78 Å². The summed E-state index contributed by atoms with van der Waals surface area (Å²) in [6, 6.07) is 14.1. The molecule has 0 radical (unpaired) electrons. The second-order valence-corrected chi connectivity index (χ2v) is 8.83. The van der Waals surface area contributed by atoms with Crippen LogP contribution in [0.25, 0.3) is 22.4 Å². The van der Waals surface area contributed by atoms with E-state index in [1.807, 2.05) is 49.4 Å². The Balaban J connectivity index is 2.19. The van der Waals surface area contributed by atoms with E-state index in [0.29, 0.717) is 23.3 Å². The predicted molar refractivity (Wildman–Crippen MR) is 141 cm³/mol. The van der Waals surface area contributed by atoms with Gasteiger partial charge in [-0.05, 0) is 48.7 Å². The number of aromatic nitrogens is 3. The third-order valence-corrected chi connectivity index (χ3v) is 6.02. The maximum Gasteiger partial charge on any atom is 0.334 e. The summed E-state index contributed by atoms with van der Waals surface area (Å²) in [7, 11) is 1.73. The van der Waals surface area contributed by atoms with Crippen LogP contribution in [0.2, 0.25) is 0 Å². The molecule has 0 saturated heterocycles. The lowest BCUT2D eigenvalue weighted by atomic mass is 9.84. The van der Waals surface area contributed by atoms with Gasteiger partial charge in [0.2, 0.25) is 0 Å². The summed E-state index contributed by atoms with van der Waals surface area (Å²) >= 11 is 0. The van der Waals surface area contributed by atoms with Gasteiger partial charge in [-0.1, -0.05) is 76.3 Å². The Labute approximate surface area is 201 Å². The van der Waals surface area contributed by atoms with Crippen LogP contribution in [0, 0.1) is 11.3 Å². The first-order valence-corrected chi connectivity index (χ1v) is 11.5. The molecule has 5 heteroatoms. The molecule has 34 heavy (non-hydrogen) atoms. The zero-order chi connectivity index (χ0) is 24.9. The Morgan fingerprint density at radius 1 is 1.24 bits per heavy atom. The first-order chi connectivity index (χ1) is 16.3. The molecule has 2 aromatic heterocycles. The van der Waals surface area contributed by atoms with Gasteiger partial charge in [-0.15, -0.1) is 0 Å². The van der Waals surface area contributed by atoms with Crippen LogP contribution in [0.15, 0.2) is 83.7 Å². The van der Waals surface area contributed by atoms with Crippen molar-refractivity contribution in [3.8, 4) is 11.8 Å². The van der Waals surface area contributed by atoms with Crippen LogP contribution < -0.4 is 5.69 Å². The number of benzene rings is 1. The number of aryl methyl sites for hydroxylation is 1. The molecule has 3 rings (SSSR count). The molecule has 0 aliphatic rings. The molecule has 174 valence electrons. The largest absolute Gasteiger partial charge is 0.334 e. The van der Waals surface area contributed by atoms with E-state index in [9.17, 15) is 10.1 Å². The van der Waals surface area contributed by atoms with E-state index in [4.69, 9.17) is 4.98 Å². The molecule has 0 fully saturated rings. The van der Waals surface area contributed by atoms with Crippen molar-refractivity contribution >= 4 is 16.7 Å². The highest BCUT2D eigenvalue weighted by Crippen LogP contribution is 2.29. The Morgan fingerprint density at radius 2 is 2.00 bits per heavy atom. The highest BCUT2D eigenvalue weighted by Gasteiger charge is 2.20. The second-order valence-electron chi connectivity index (χ2n) is 8.83. The summed E-state index contributed by atoms with van der Waals surface area (Å²) in [5, 5.41) is 9.53. The molecule has 0 amide bonds. The van der Waals surface area contributed by atoms with Gasteiger partial charge in [0.05, 0.1) is 28.5 Å². The second kappa shape index (κ2) is 10.4. The lowest BCUT2D eigenvalue weighted by Crippen LogP contribution is -2.21. The van der Waals surface area contributed by atoms with E-state index < -0.39 is 0 Å². The summed E-state index contributed by atoms with van der Waals surface area (Å²) in [6.07, 6.45) is 11.4. The van der Waals surface area contributed by atoms with E-state index in [1.54, 1.807) is 22.3 Å². The van der Waals surface area contributed by atoms with E-state index >= 15 is 0 Å². The van der Waals surface area contributed by atoms with Crippen molar-refractivity contribution < 1.29 is 0 Å². The van der Waals surface area contributed by atoms with Crippen molar-refractivity contribution in [3.05, 3.63) is 101 Å². The third kappa shape index (κ3) is 4.72. The number of imidazole rings is 1. The van der Waals surface area contributed by atoms with Crippen molar-refractivity contribution in [2.45, 2.75) is 46.0 Å². The van der Waals surface area contributed by atoms with Crippen LogP contribution in [-0.4, -0.2) is 14.1 Å². The smallest absolute Gasteiger partial charge is 0.279 e. The number of allylic oxidation sites excluding steroid dienone is 7. The van der Waals surface area contributed by atoms with Crippen LogP contribution in [0.1, 0.15) is 51.8 Å². The number of nitrogens with zero attached hydrogens (tertiary/aromatic N) is 4. The molecule has 0 atom stereocenters. The van der Waals surface area contributed by atoms with Gasteiger partial charge in [-0.3, -0.25) is 9.13 Å². The first kappa shape index (κ1) is 24.7. The normalized spacial score (nSPS) is 12.9.